The lowest BCUT2D eigenvalue weighted by Gasteiger charge is -2.48. The van der Waals surface area contributed by atoms with E-state index in [0.717, 1.165) is 0 Å². The number of carbonyl (C=O) groups excluding carboxylic acids is 1. The Morgan fingerprint density at radius 2 is 1.21 bits per heavy atom. The lowest BCUT2D eigenvalue weighted by molar-refractivity contribution is -0.448. The predicted molar refractivity (Wildman–Crippen MR) is 71.5 cm³/mol. The Morgan fingerprint density at radius 1 is 0.821 bits per heavy atom. The number of aliphatic hydroxyl groups is 1. The van der Waals surface area contributed by atoms with Crippen molar-refractivity contribution in [1.82, 2.24) is 0 Å². The number of ether oxygens (including phenoxy) is 1. The fraction of sp³-hybridized carbons (Fsp3) is 0.929. The number of halogens is 11. The molecule has 0 heterocycles. The van der Waals surface area contributed by atoms with Gasteiger partial charge in [0.05, 0.1) is 0 Å². The minimum Gasteiger partial charge on any atom is -0.386 e. The van der Waals surface area contributed by atoms with Crippen molar-refractivity contribution < 1.29 is 62.9 Å². The van der Waals surface area contributed by atoms with Crippen molar-refractivity contribution in [2.75, 3.05) is 0 Å². The van der Waals surface area contributed by atoms with Gasteiger partial charge < -0.3 is 9.84 Å². The van der Waals surface area contributed by atoms with Crippen molar-refractivity contribution in [1.29, 1.82) is 0 Å². The van der Waals surface area contributed by atoms with Gasteiger partial charge in [0.25, 0.3) is 0 Å². The van der Waals surface area contributed by atoms with Gasteiger partial charge >= 0.3 is 35.8 Å². The lowest BCUT2D eigenvalue weighted by Crippen LogP contribution is -2.73. The van der Waals surface area contributed by atoms with Crippen molar-refractivity contribution in [3.8, 4) is 0 Å². The van der Waals surface area contributed by atoms with Gasteiger partial charge in [0.1, 0.15) is 11.2 Å². The first-order valence-corrected chi connectivity index (χ1v) is 7.54. The topological polar surface area (TPSA) is 46.5 Å². The predicted octanol–water partition coefficient (Wildman–Crippen LogP) is 4.96. The zero-order chi connectivity index (χ0) is 23.2. The van der Waals surface area contributed by atoms with E-state index in [2.05, 4.69) is 4.74 Å². The molecule has 0 aliphatic carbocycles. The highest BCUT2D eigenvalue weighted by Crippen LogP contribution is 2.57. The van der Waals surface area contributed by atoms with Crippen LogP contribution in [0.25, 0.3) is 0 Å². The number of rotatable bonds is 8. The first-order valence-electron chi connectivity index (χ1n) is 7.54. The normalized spacial score (nSPS) is 22.6. The molecule has 0 saturated carbocycles. The molecule has 0 bridgehead atoms. The molecule has 14 heteroatoms. The maximum atomic E-state index is 14.6. The van der Waals surface area contributed by atoms with Gasteiger partial charge in [-0.1, -0.05) is 13.8 Å². The molecule has 0 saturated heterocycles. The van der Waals surface area contributed by atoms with Crippen LogP contribution in [0.2, 0.25) is 0 Å². The Labute approximate surface area is 151 Å². The van der Waals surface area contributed by atoms with E-state index in [1.165, 1.54) is 0 Å². The number of hydrogen-bond donors (Lipinski definition) is 1. The van der Waals surface area contributed by atoms with Crippen LogP contribution >= 0.6 is 0 Å². The Hall–Kier alpha value is -1.18. The Morgan fingerprint density at radius 3 is 1.43 bits per heavy atom. The number of alkyl halides is 10. The second-order valence-corrected chi connectivity index (χ2v) is 6.42. The standard InChI is InChI=1S/C14H17F11O3/c1-5-8(3,27)11(17,13(21,22)23)14(24,25)28-9(4,6-2)10(16,7(15)26)12(18,19)20/h27H,5-6H2,1-4H3. The fourth-order valence-electron chi connectivity index (χ4n) is 2.39. The molecule has 28 heavy (non-hydrogen) atoms. The van der Waals surface area contributed by atoms with Crippen LogP contribution in [0.4, 0.5) is 48.3 Å². The molecule has 0 radical (unpaired) electrons. The molecule has 1 N–H and O–H groups in total. The Kier molecular flexibility index (Phi) is 6.95. The quantitative estimate of drug-likeness (QED) is 0.427. The van der Waals surface area contributed by atoms with E-state index >= 15 is 0 Å². The van der Waals surface area contributed by atoms with Crippen molar-refractivity contribution in [3.63, 3.8) is 0 Å². The fourth-order valence-corrected chi connectivity index (χ4v) is 2.39. The second kappa shape index (κ2) is 7.26. The third-order valence-corrected chi connectivity index (χ3v) is 4.64. The summed E-state index contributed by atoms with van der Waals surface area (Å²) < 4.78 is 152. The molecule has 0 fully saturated rings. The average molecular weight is 442 g/mol. The first-order chi connectivity index (χ1) is 12.0. The molecule has 0 spiro atoms. The van der Waals surface area contributed by atoms with Crippen LogP contribution < -0.4 is 0 Å². The maximum absolute atomic E-state index is 14.6. The summed E-state index contributed by atoms with van der Waals surface area (Å²) in [6.07, 6.45) is -22.6. The first kappa shape index (κ1) is 26.8. The SMILES string of the molecule is CCC(C)(O)C(F)(C(F)(F)F)C(F)(F)OC(C)(CC)C(F)(C(=O)F)C(F)(F)F. The van der Waals surface area contributed by atoms with Gasteiger partial charge in [0.15, 0.2) is 0 Å². The monoisotopic (exact) mass is 442 g/mol. The highest BCUT2D eigenvalue weighted by molar-refractivity contribution is 5.81. The van der Waals surface area contributed by atoms with Crippen LogP contribution in [0.5, 0.6) is 0 Å². The summed E-state index contributed by atoms with van der Waals surface area (Å²) in [5.74, 6) is 0. The van der Waals surface area contributed by atoms with Crippen molar-refractivity contribution >= 4 is 6.04 Å². The van der Waals surface area contributed by atoms with Gasteiger partial charge in [0, 0.05) is 0 Å². The van der Waals surface area contributed by atoms with Gasteiger partial charge in [0.2, 0.25) is 0 Å². The van der Waals surface area contributed by atoms with E-state index < -0.39 is 59.9 Å². The molecule has 0 aromatic heterocycles. The highest BCUT2D eigenvalue weighted by Gasteiger charge is 2.83. The third kappa shape index (κ3) is 3.68. The zero-order valence-electron chi connectivity index (χ0n) is 14.8. The van der Waals surface area contributed by atoms with Crippen molar-refractivity contribution in [2.45, 2.75) is 81.5 Å². The van der Waals surface area contributed by atoms with E-state index in [-0.39, 0.29) is 13.8 Å². The summed E-state index contributed by atoms with van der Waals surface area (Å²) in [4.78, 5) is 10.7. The van der Waals surface area contributed by atoms with Gasteiger partial charge in [-0.15, -0.1) is 0 Å². The summed E-state index contributed by atoms with van der Waals surface area (Å²) in [5, 5.41) is 9.54. The van der Waals surface area contributed by atoms with Crippen LogP contribution in [0.15, 0.2) is 0 Å². The minimum atomic E-state index is -6.64. The van der Waals surface area contributed by atoms with Crippen LogP contribution in [0.1, 0.15) is 40.5 Å². The molecule has 0 aliphatic heterocycles. The van der Waals surface area contributed by atoms with Crippen molar-refractivity contribution in [2.24, 2.45) is 0 Å². The lowest BCUT2D eigenvalue weighted by atomic mass is 9.80. The van der Waals surface area contributed by atoms with E-state index in [9.17, 15) is 58.2 Å². The van der Waals surface area contributed by atoms with E-state index in [1.807, 2.05) is 0 Å². The van der Waals surface area contributed by atoms with E-state index in [0.29, 0.717) is 13.8 Å². The molecule has 0 aromatic carbocycles. The molecule has 168 valence electrons. The summed E-state index contributed by atoms with van der Waals surface area (Å²) in [5.41, 5.74) is -20.2. The molecule has 4 atom stereocenters. The molecule has 4 unspecified atom stereocenters. The van der Waals surface area contributed by atoms with Gasteiger partial charge in [-0.25, -0.2) is 8.78 Å². The third-order valence-electron chi connectivity index (χ3n) is 4.64. The van der Waals surface area contributed by atoms with E-state index in [1.54, 1.807) is 0 Å². The van der Waals surface area contributed by atoms with Gasteiger partial charge in [-0.2, -0.15) is 39.5 Å². The molecule has 0 amide bonds. The summed E-state index contributed by atoms with van der Waals surface area (Å²) in [6.45, 7) is 0.761. The summed E-state index contributed by atoms with van der Waals surface area (Å²) in [7, 11) is 0. The van der Waals surface area contributed by atoms with Crippen LogP contribution in [0, 0.1) is 0 Å². The number of hydrogen-bond acceptors (Lipinski definition) is 3. The molecule has 0 aliphatic rings. The molecule has 0 aromatic rings. The van der Waals surface area contributed by atoms with Crippen molar-refractivity contribution in [3.05, 3.63) is 0 Å². The zero-order valence-corrected chi connectivity index (χ0v) is 14.8. The smallest absolute Gasteiger partial charge is 0.386 e. The van der Waals surface area contributed by atoms with Gasteiger partial charge in [-0.05, 0) is 26.7 Å². The molecular weight excluding hydrogens is 425 g/mol. The highest BCUT2D eigenvalue weighted by atomic mass is 19.4. The Balaban J connectivity index is 6.76. The van der Waals surface area contributed by atoms with E-state index in [4.69, 9.17) is 0 Å². The molecule has 0 rings (SSSR count). The molecular formula is C14H17F11O3. The minimum absolute atomic E-state index is 0.0478. The van der Waals surface area contributed by atoms with Crippen LogP contribution in [-0.2, 0) is 9.53 Å². The van der Waals surface area contributed by atoms with Crippen LogP contribution in [0.3, 0.4) is 0 Å². The summed E-state index contributed by atoms with van der Waals surface area (Å²) in [6, 6.07) is -3.89. The Bertz CT molecular complexity index is 586. The molecule has 3 nitrogen and oxygen atoms in total. The second-order valence-electron chi connectivity index (χ2n) is 6.42. The maximum Gasteiger partial charge on any atom is 0.435 e. The number of carbonyl (C=O) groups is 1. The average Bonchev–Trinajstić information content (AvgIpc) is 2.49. The summed E-state index contributed by atoms with van der Waals surface area (Å²) >= 11 is 0. The largest absolute Gasteiger partial charge is 0.435 e. The van der Waals surface area contributed by atoms with Crippen LogP contribution in [-0.4, -0.2) is 52.1 Å². The van der Waals surface area contributed by atoms with Gasteiger partial charge in [-0.3, -0.25) is 4.79 Å².